The van der Waals surface area contributed by atoms with Gasteiger partial charge in [-0.2, -0.15) is 0 Å². The van der Waals surface area contributed by atoms with Crippen LogP contribution >= 0.6 is 11.3 Å². The Morgan fingerprint density at radius 2 is 1.69 bits per heavy atom. The number of carbonyl (C=O) groups is 2. The highest BCUT2D eigenvalue weighted by atomic mass is 32.1. The van der Waals surface area contributed by atoms with Gasteiger partial charge in [-0.05, 0) is 36.4 Å². The smallest absolute Gasteiger partial charge is 0.433 e. The number of nitrogens with one attached hydrogen (secondary N) is 2. The number of furan rings is 1. The molecule has 4 aromatic rings. The molecule has 0 atom stereocenters. The van der Waals surface area contributed by atoms with Gasteiger partial charge in [0.15, 0.2) is 22.4 Å². The van der Waals surface area contributed by atoms with E-state index in [2.05, 4.69) is 15.6 Å². The minimum atomic E-state index is -0.728. The molecule has 35 heavy (non-hydrogen) atoms. The summed E-state index contributed by atoms with van der Waals surface area (Å²) in [6.45, 7) is 0. The van der Waals surface area contributed by atoms with Crippen LogP contribution in [0.5, 0.6) is 17.2 Å². The average molecular weight is 498 g/mol. The van der Waals surface area contributed by atoms with Gasteiger partial charge in [0.25, 0.3) is 11.8 Å². The van der Waals surface area contributed by atoms with Crippen LogP contribution in [0, 0.1) is 10.1 Å². The lowest BCUT2D eigenvalue weighted by Gasteiger charge is -2.13. The number of benzene rings is 2. The maximum absolute atomic E-state index is 12.8. The second-order valence-electron chi connectivity index (χ2n) is 6.92. The highest BCUT2D eigenvalue weighted by molar-refractivity contribution is 7.22. The first-order valence-electron chi connectivity index (χ1n) is 9.90. The van der Waals surface area contributed by atoms with Crippen molar-refractivity contribution in [2.24, 2.45) is 0 Å². The minimum absolute atomic E-state index is 0.195. The highest BCUT2D eigenvalue weighted by Gasteiger charge is 2.19. The number of methoxy groups -OCH3 is 3. The van der Waals surface area contributed by atoms with E-state index in [4.69, 9.17) is 18.6 Å². The number of nitrogens with zero attached hydrogens (tertiary/aromatic N) is 2. The van der Waals surface area contributed by atoms with Crippen LogP contribution in [0.3, 0.4) is 0 Å². The molecule has 0 bridgehead atoms. The third-order valence-electron chi connectivity index (χ3n) is 4.79. The molecule has 0 spiro atoms. The summed E-state index contributed by atoms with van der Waals surface area (Å²) in [4.78, 5) is 39.5. The van der Waals surface area contributed by atoms with Gasteiger partial charge in [0.2, 0.25) is 5.75 Å². The van der Waals surface area contributed by atoms with Gasteiger partial charge >= 0.3 is 5.88 Å². The fourth-order valence-corrected chi connectivity index (χ4v) is 4.08. The fraction of sp³-hybridized carbons (Fsp3) is 0.136. The number of fused-ring (bicyclic) bond motifs is 1. The van der Waals surface area contributed by atoms with E-state index in [1.807, 2.05) is 0 Å². The summed E-state index contributed by atoms with van der Waals surface area (Å²) in [5.74, 6) is -0.758. The second-order valence-corrected chi connectivity index (χ2v) is 7.95. The molecule has 0 aliphatic heterocycles. The highest BCUT2D eigenvalue weighted by Crippen LogP contribution is 2.38. The van der Waals surface area contributed by atoms with Crippen LogP contribution < -0.4 is 24.8 Å². The SMILES string of the molecule is COc1cc(C(=O)Nc2nc3ccc(NC(=O)c4ccc([N+](=O)[O-])o4)cc3s2)cc(OC)c1OC. The van der Waals surface area contributed by atoms with Gasteiger partial charge in [0.05, 0.1) is 37.6 Å². The number of thiazole rings is 1. The summed E-state index contributed by atoms with van der Waals surface area (Å²) in [5, 5.41) is 16.4. The van der Waals surface area contributed by atoms with Crippen molar-refractivity contribution in [3.8, 4) is 17.2 Å². The molecule has 0 aliphatic carbocycles. The summed E-state index contributed by atoms with van der Waals surface area (Å²) in [6.07, 6.45) is 0. The maximum atomic E-state index is 12.8. The number of amides is 2. The lowest BCUT2D eigenvalue weighted by atomic mass is 10.1. The first kappa shape index (κ1) is 23.5. The number of nitro groups is 1. The van der Waals surface area contributed by atoms with E-state index >= 15 is 0 Å². The molecule has 2 heterocycles. The molecule has 0 fully saturated rings. The molecule has 0 saturated carbocycles. The van der Waals surface area contributed by atoms with E-state index < -0.39 is 22.6 Å². The zero-order valence-electron chi connectivity index (χ0n) is 18.6. The number of carbonyl (C=O) groups excluding carboxylic acids is 2. The normalized spacial score (nSPS) is 10.6. The van der Waals surface area contributed by atoms with Gasteiger partial charge in [-0.25, -0.2) is 4.98 Å². The predicted octanol–water partition coefficient (Wildman–Crippen LogP) is 4.33. The van der Waals surface area contributed by atoms with Crippen molar-refractivity contribution in [2.75, 3.05) is 32.0 Å². The van der Waals surface area contributed by atoms with Crippen LogP contribution in [-0.2, 0) is 0 Å². The topological polar surface area (TPSA) is 155 Å². The van der Waals surface area contributed by atoms with E-state index in [-0.39, 0.29) is 11.3 Å². The molecule has 2 N–H and O–H groups in total. The van der Waals surface area contributed by atoms with Crippen molar-refractivity contribution in [1.29, 1.82) is 0 Å². The van der Waals surface area contributed by atoms with E-state index in [0.717, 1.165) is 6.07 Å². The number of ether oxygens (including phenoxy) is 3. The predicted molar refractivity (Wildman–Crippen MR) is 127 cm³/mol. The molecular formula is C22H18N4O8S. The van der Waals surface area contributed by atoms with Crippen LogP contribution in [0.4, 0.5) is 16.7 Å². The van der Waals surface area contributed by atoms with Crippen LogP contribution in [0.15, 0.2) is 46.9 Å². The summed E-state index contributed by atoms with van der Waals surface area (Å²) in [6, 6.07) is 10.3. The minimum Gasteiger partial charge on any atom is -0.493 e. The molecular weight excluding hydrogens is 480 g/mol. The quantitative estimate of drug-likeness (QED) is 0.267. The zero-order valence-corrected chi connectivity index (χ0v) is 19.4. The van der Waals surface area contributed by atoms with E-state index in [1.165, 1.54) is 50.9 Å². The number of aromatic nitrogens is 1. The monoisotopic (exact) mass is 498 g/mol. The van der Waals surface area contributed by atoms with E-state index in [9.17, 15) is 19.7 Å². The lowest BCUT2D eigenvalue weighted by molar-refractivity contribution is -0.402. The Morgan fingerprint density at radius 3 is 2.29 bits per heavy atom. The second kappa shape index (κ2) is 9.69. The van der Waals surface area contributed by atoms with Gasteiger partial charge in [0.1, 0.15) is 4.92 Å². The fourth-order valence-electron chi connectivity index (χ4n) is 3.18. The first-order chi connectivity index (χ1) is 16.8. The van der Waals surface area contributed by atoms with Gasteiger partial charge in [-0.1, -0.05) is 11.3 Å². The van der Waals surface area contributed by atoms with Gasteiger partial charge < -0.3 is 23.9 Å². The van der Waals surface area contributed by atoms with Crippen molar-refractivity contribution in [3.05, 3.63) is 63.9 Å². The summed E-state index contributed by atoms with van der Waals surface area (Å²) in [5.41, 5.74) is 1.30. The van der Waals surface area contributed by atoms with Gasteiger partial charge in [0, 0.05) is 11.3 Å². The van der Waals surface area contributed by atoms with Crippen LogP contribution in [-0.4, -0.2) is 43.1 Å². The Bertz CT molecular complexity index is 1420. The Labute approximate surface area is 201 Å². The third kappa shape index (κ3) is 4.84. The van der Waals surface area contributed by atoms with Crippen LogP contribution in [0.25, 0.3) is 10.2 Å². The van der Waals surface area contributed by atoms with Crippen molar-refractivity contribution >= 4 is 50.1 Å². The van der Waals surface area contributed by atoms with Crippen LogP contribution in [0.2, 0.25) is 0 Å². The number of hydrogen-bond donors (Lipinski definition) is 2. The van der Waals surface area contributed by atoms with E-state index in [0.29, 0.717) is 38.3 Å². The average Bonchev–Trinajstić information content (AvgIpc) is 3.50. The molecule has 2 aromatic carbocycles. The zero-order chi connectivity index (χ0) is 25.1. The molecule has 180 valence electrons. The molecule has 0 radical (unpaired) electrons. The number of hydrogen-bond acceptors (Lipinski definition) is 10. The lowest BCUT2D eigenvalue weighted by Crippen LogP contribution is -2.12. The Hall–Kier alpha value is -4.65. The Balaban J connectivity index is 1.52. The van der Waals surface area contributed by atoms with Crippen molar-refractivity contribution in [2.45, 2.75) is 0 Å². The molecule has 0 unspecified atom stereocenters. The van der Waals surface area contributed by atoms with Crippen molar-refractivity contribution in [1.82, 2.24) is 4.98 Å². The number of rotatable bonds is 8. The van der Waals surface area contributed by atoms with Crippen molar-refractivity contribution in [3.63, 3.8) is 0 Å². The molecule has 2 amide bonds. The molecule has 2 aromatic heterocycles. The van der Waals surface area contributed by atoms with E-state index in [1.54, 1.807) is 18.2 Å². The summed E-state index contributed by atoms with van der Waals surface area (Å²) >= 11 is 1.20. The van der Waals surface area contributed by atoms with Gasteiger partial charge in [-0.15, -0.1) is 0 Å². The van der Waals surface area contributed by atoms with Gasteiger partial charge in [-0.3, -0.25) is 25.0 Å². The largest absolute Gasteiger partial charge is 0.493 e. The summed E-state index contributed by atoms with van der Waals surface area (Å²) in [7, 11) is 4.38. The Kier molecular flexibility index (Phi) is 6.51. The van der Waals surface area contributed by atoms with Crippen LogP contribution in [0.1, 0.15) is 20.9 Å². The maximum Gasteiger partial charge on any atom is 0.433 e. The number of anilines is 2. The molecule has 0 saturated heterocycles. The summed E-state index contributed by atoms with van der Waals surface area (Å²) < 4.78 is 21.4. The molecule has 13 heteroatoms. The standard InChI is InChI=1S/C22H18N4O8S/c1-31-15-8-11(9-16(32-2)19(15)33-3)20(27)25-22-24-13-5-4-12(10-17(13)35-22)23-21(28)14-6-7-18(34-14)26(29)30/h4-10H,1-3H3,(H,23,28)(H,24,25,27). The van der Waals surface area contributed by atoms with Crippen molar-refractivity contribution < 1.29 is 33.1 Å². The first-order valence-corrected chi connectivity index (χ1v) is 10.7. The Morgan fingerprint density at radius 1 is 0.971 bits per heavy atom. The molecule has 12 nitrogen and oxygen atoms in total. The molecule has 0 aliphatic rings. The third-order valence-corrected chi connectivity index (χ3v) is 5.72. The molecule has 4 rings (SSSR count).